The summed E-state index contributed by atoms with van der Waals surface area (Å²) in [7, 11) is -7.64. The van der Waals surface area contributed by atoms with Crippen LogP contribution in [0.4, 0.5) is 0 Å². The van der Waals surface area contributed by atoms with Crippen molar-refractivity contribution in [2.24, 2.45) is 0 Å². The Labute approximate surface area is 203 Å². The minimum atomic E-state index is -3.96. The van der Waals surface area contributed by atoms with Crippen molar-refractivity contribution in [2.45, 2.75) is 21.6 Å². The normalized spacial score (nSPS) is 17.5. The van der Waals surface area contributed by atoms with Gasteiger partial charge in [0.15, 0.2) is 5.78 Å². The molecule has 0 aliphatic carbocycles. The Morgan fingerprint density at radius 2 is 1.46 bits per heavy atom. The fourth-order valence-corrected chi connectivity index (χ4v) is 7.49. The summed E-state index contributed by atoms with van der Waals surface area (Å²) in [6.45, 7) is 2.44. The summed E-state index contributed by atoms with van der Waals surface area (Å²) in [5, 5.41) is 0. The van der Waals surface area contributed by atoms with E-state index in [0.29, 0.717) is 0 Å². The number of piperazine rings is 1. The van der Waals surface area contributed by atoms with Crippen LogP contribution in [-0.2, 0) is 19.9 Å². The minimum absolute atomic E-state index is 0.0364. The van der Waals surface area contributed by atoms with E-state index >= 15 is 0 Å². The second kappa shape index (κ2) is 8.40. The number of aryl methyl sites for hydroxylation is 1. The standard InChI is InChI=1S/C25H22N2O6S2/c1-17-6-9-19(10-7-17)35(32,33)27-14-12-26(13-15-27)25(29)18-8-11-21-23(16-18)34(30,31)22-5-3-2-4-20(22)24(21)28/h2-11,16H,12-15H2,1H3. The van der Waals surface area contributed by atoms with E-state index in [4.69, 9.17) is 0 Å². The van der Waals surface area contributed by atoms with Crippen LogP contribution in [0.1, 0.15) is 31.8 Å². The Kier molecular flexibility index (Phi) is 5.62. The van der Waals surface area contributed by atoms with Gasteiger partial charge in [0.1, 0.15) is 0 Å². The third-order valence-corrected chi connectivity index (χ3v) is 10.1. The van der Waals surface area contributed by atoms with Crippen molar-refractivity contribution in [3.8, 4) is 0 Å². The fraction of sp³-hybridized carbons (Fsp3) is 0.200. The highest BCUT2D eigenvalue weighted by Crippen LogP contribution is 2.35. The van der Waals surface area contributed by atoms with Gasteiger partial charge >= 0.3 is 0 Å². The molecule has 0 bridgehead atoms. The average molecular weight is 511 g/mol. The maximum absolute atomic E-state index is 13.2. The topological polar surface area (TPSA) is 109 Å². The summed E-state index contributed by atoms with van der Waals surface area (Å²) in [6.07, 6.45) is 0. The molecule has 0 atom stereocenters. The van der Waals surface area contributed by atoms with Gasteiger partial charge in [0.25, 0.3) is 5.91 Å². The molecule has 180 valence electrons. The third-order valence-electron chi connectivity index (χ3n) is 6.37. The van der Waals surface area contributed by atoms with Crippen LogP contribution in [0.15, 0.2) is 81.4 Å². The van der Waals surface area contributed by atoms with Crippen molar-refractivity contribution in [3.05, 3.63) is 89.0 Å². The highest BCUT2D eigenvalue weighted by molar-refractivity contribution is 7.91. The number of amides is 1. The van der Waals surface area contributed by atoms with E-state index in [9.17, 15) is 26.4 Å². The van der Waals surface area contributed by atoms with Crippen LogP contribution in [0.25, 0.3) is 0 Å². The number of sulfone groups is 1. The van der Waals surface area contributed by atoms with E-state index in [1.165, 1.54) is 39.5 Å². The molecule has 1 saturated heterocycles. The van der Waals surface area contributed by atoms with E-state index in [1.54, 1.807) is 36.4 Å². The maximum atomic E-state index is 13.2. The first-order valence-corrected chi connectivity index (χ1v) is 13.9. The Morgan fingerprint density at radius 3 is 2.14 bits per heavy atom. The molecule has 0 N–H and O–H groups in total. The van der Waals surface area contributed by atoms with Crippen LogP contribution in [-0.4, -0.2) is 63.9 Å². The zero-order chi connectivity index (χ0) is 25.0. The number of sulfonamides is 1. The van der Waals surface area contributed by atoms with Crippen molar-refractivity contribution < 1.29 is 26.4 Å². The minimum Gasteiger partial charge on any atom is -0.336 e. The molecule has 1 fully saturated rings. The van der Waals surface area contributed by atoms with E-state index < -0.39 is 31.6 Å². The SMILES string of the molecule is Cc1ccc(S(=O)(=O)N2CCN(C(=O)c3ccc4c(c3)S(=O)(=O)c3ccccc3C4=O)CC2)cc1. The lowest BCUT2D eigenvalue weighted by Crippen LogP contribution is -2.50. The molecule has 2 aliphatic heterocycles. The van der Waals surface area contributed by atoms with E-state index in [-0.39, 0.29) is 57.6 Å². The van der Waals surface area contributed by atoms with Gasteiger partial charge in [-0.1, -0.05) is 29.8 Å². The molecule has 0 unspecified atom stereocenters. The number of ketones is 1. The lowest BCUT2D eigenvalue weighted by atomic mass is 10.0. The van der Waals surface area contributed by atoms with Gasteiger partial charge in [-0.05, 0) is 49.4 Å². The van der Waals surface area contributed by atoms with Gasteiger partial charge < -0.3 is 4.90 Å². The number of fused-ring (bicyclic) bond motifs is 2. The predicted octanol–water partition coefficient (Wildman–Crippen LogP) is 2.52. The van der Waals surface area contributed by atoms with Crippen molar-refractivity contribution in [2.75, 3.05) is 26.2 Å². The number of hydrogen-bond acceptors (Lipinski definition) is 6. The first-order valence-electron chi connectivity index (χ1n) is 11.0. The Bertz CT molecular complexity index is 1570. The smallest absolute Gasteiger partial charge is 0.253 e. The molecule has 0 spiro atoms. The van der Waals surface area contributed by atoms with Crippen LogP contribution in [0.3, 0.4) is 0 Å². The molecule has 2 aliphatic rings. The molecule has 10 heteroatoms. The van der Waals surface area contributed by atoms with Gasteiger partial charge in [-0.15, -0.1) is 0 Å². The second-order valence-corrected chi connectivity index (χ2v) is 12.4. The largest absolute Gasteiger partial charge is 0.336 e. The number of carbonyl (C=O) groups is 2. The summed E-state index contributed by atoms with van der Waals surface area (Å²) < 4.78 is 53.5. The molecule has 1 amide bonds. The molecular formula is C25H22N2O6S2. The molecule has 3 aromatic carbocycles. The maximum Gasteiger partial charge on any atom is 0.253 e. The fourth-order valence-electron chi connectivity index (χ4n) is 4.39. The van der Waals surface area contributed by atoms with E-state index in [1.807, 2.05) is 6.92 Å². The predicted molar refractivity (Wildman–Crippen MR) is 128 cm³/mol. The van der Waals surface area contributed by atoms with Crippen molar-refractivity contribution >= 4 is 31.6 Å². The summed E-state index contributed by atoms with van der Waals surface area (Å²) in [4.78, 5) is 27.4. The molecule has 8 nitrogen and oxygen atoms in total. The summed E-state index contributed by atoms with van der Waals surface area (Å²) >= 11 is 0. The van der Waals surface area contributed by atoms with Crippen LogP contribution in [0, 0.1) is 6.92 Å². The quantitative estimate of drug-likeness (QED) is 0.419. The molecule has 3 aromatic rings. The van der Waals surface area contributed by atoms with Gasteiger partial charge in [0.05, 0.1) is 14.7 Å². The van der Waals surface area contributed by atoms with Gasteiger partial charge in [-0.3, -0.25) is 9.59 Å². The molecule has 0 radical (unpaired) electrons. The molecule has 0 saturated carbocycles. The monoisotopic (exact) mass is 510 g/mol. The van der Waals surface area contributed by atoms with Gasteiger partial charge in [0, 0.05) is 42.9 Å². The zero-order valence-electron chi connectivity index (χ0n) is 18.8. The Hall–Kier alpha value is -3.34. The Balaban J connectivity index is 1.37. The average Bonchev–Trinajstić information content (AvgIpc) is 2.87. The molecule has 5 rings (SSSR count). The first kappa shape index (κ1) is 23.4. The first-order chi connectivity index (χ1) is 16.6. The number of benzene rings is 3. The molecule has 0 aromatic heterocycles. The second-order valence-electron chi connectivity index (χ2n) is 8.55. The van der Waals surface area contributed by atoms with Gasteiger partial charge in [-0.25, -0.2) is 16.8 Å². The summed E-state index contributed by atoms with van der Waals surface area (Å²) in [6, 6.07) is 16.7. The van der Waals surface area contributed by atoms with Gasteiger partial charge in [0.2, 0.25) is 19.9 Å². The van der Waals surface area contributed by atoms with Gasteiger partial charge in [-0.2, -0.15) is 4.31 Å². The van der Waals surface area contributed by atoms with Crippen molar-refractivity contribution in [1.82, 2.24) is 9.21 Å². The van der Waals surface area contributed by atoms with Crippen molar-refractivity contribution in [3.63, 3.8) is 0 Å². The molecule has 2 heterocycles. The van der Waals surface area contributed by atoms with Crippen molar-refractivity contribution in [1.29, 1.82) is 0 Å². The third kappa shape index (κ3) is 3.87. The summed E-state index contributed by atoms with van der Waals surface area (Å²) in [5.41, 5.74) is 1.24. The van der Waals surface area contributed by atoms with Crippen LogP contribution >= 0.6 is 0 Å². The van der Waals surface area contributed by atoms with E-state index in [2.05, 4.69) is 0 Å². The lowest BCUT2D eigenvalue weighted by Gasteiger charge is -2.34. The van der Waals surface area contributed by atoms with E-state index in [0.717, 1.165) is 5.56 Å². The summed E-state index contributed by atoms with van der Waals surface area (Å²) in [5.74, 6) is -0.818. The number of nitrogens with zero attached hydrogens (tertiary/aromatic N) is 2. The number of hydrogen-bond donors (Lipinski definition) is 0. The number of rotatable bonds is 3. The number of carbonyl (C=O) groups excluding carboxylic acids is 2. The zero-order valence-corrected chi connectivity index (χ0v) is 20.5. The van der Waals surface area contributed by atoms with Crippen LogP contribution < -0.4 is 0 Å². The Morgan fingerprint density at radius 1 is 0.829 bits per heavy atom. The van der Waals surface area contributed by atoms with Crippen LogP contribution in [0.5, 0.6) is 0 Å². The molecular weight excluding hydrogens is 488 g/mol. The highest BCUT2D eigenvalue weighted by atomic mass is 32.2. The van der Waals surface area contributed by atoms with Crippen LogP contribution in [0.2, 0.25) is 0 Å². The molecule has 35 heavy (non-hydrogen) atoms. The lowest BCUT2D eigenvalue weighted by molar-refractivity contribution is 0.0697. The highest BCUT2D eigenvalue weighted by Gasteiger charge is 2.36.